The number of thioether (sulfide) groups is 1. The molecule has 0 saturated carbocycles. The van der Waals surface area contributed by atoms with Crippen LogP contribution in [0.15, 0.2) is 34.2 Å². The zero-order valence-electron chi connectivity index (χ0n) is 15.3. The van der Waals surface area contributed by atoms with Gasteiger partial charge in [-0.1, -0.05) is 38.6 Å². The molecule has 7 heteroatoms. The molecule has 0 aliphatic carbocycles. The normalized spacial score (nSPS) is 16.9. The quantitative estimate of drug-likeness (QED) is 0.818. The predicted molar refractivity (Wildman–Crippen MR) is 101 cm³/mol. The van der Waals surface area contributed by atoms with E-state index in [1.165, 1.54) is 17.8 Å². The number of anilines is 1. The summed E-state index contributed by atoms with van der Waals surface area (Å²) in [6.07, 6.45) is 0. The van der Waals surface area contributed by atoms with E-state index in [4.69, 9.17) is 0 Å². The topological polar surface area (TPSA) is 64.0 Å². The Morgan fingerprint density at radius 1 is 1.35 bits per heavy atom. The zero-order valence-corrected chi connectivity index (χ0v) is 16.1. The molecule has 0 fully saturated rings. The molecule has 0 spiro atoms. The first kappa shape index (κ1) is 18.6. The van der Waals surface area contributed by atoms with Crippen molar-refractivity contribution in [2.45, 2.75) is 44.8 Å². The van der Waals surface area contributed by atoms with Gasteiger partial charge in [-0.25, -0.2) is 9.37 Å². The summed E-state index contributed by atoms with van der Waals surface area (Å²) in [5, 5.41) is 3.38. The van der Waals surface area contributed by atoms with Crippen molar-refractivity contribution in [1.82, 2.24) is 9.55 Å². The first-order chi connectivity index (χ1) is 12.1. The van der Waals surface area contributed by atoms with E-state index in [0.717, 1.165) is 5.69 Å². The molecule has 0 bridgehead atoms. The minimum Gasteiger partial charge on any atom is -0.326 e. The van der Waals surface area contributed by atoms with Gasteiger partial charge in [0.25, 0.3) is 5.56 Å². The number of fused-ring (bicyclic) bond motifs is 1. The van der Waals surface area contributed by atoms with E-state index < -0.39 is 0 Å². The van der Waals surface area contributed by atoms with E-state index >= 15 is 0 Å². The number of hydrogen-bond donors (Lipinski definition) is 1. The van der Waals surface area contributed by atoms with E-state index in [9.17, 15) is 14.0 Å². The van der Waals surface area contributed by atoms with Crippen LogP contribution in [0.3, 0.4) is 0 Å². The lowest BCUT2D eigenvalue weighted by Gasteiger charge is -2.26. The van der Waals surface area contributed by atoms with E-state index in [1.54, 1.807) is 29.7 Å². The van der Waals surface area contributed by atoms with Crippen LogP contribution in [0.4, 0.5) is 10.1 Å². The standard InChI is InChI=1S/C19H22FN3O2S/c1-11-5-6-13(7-14(11)20)21-17(25)12-9-23-16(24)8-15(19(2,3)4)22-18(23)26-10-12/h5-8,12H,9-10H2,1-4H3,(H,21,25)/t12-/m0/s1. The van der Waals surface area contributed by atoms with Gasteiger partial charge in [0.2, 0.25) is 5.91 Å². The molecule has 1 N–H and O–H groups in total. The Bertz CT molecular complexity index is 918. The minimum absolute atomic E-state index is 0.147. The number of nitrogens with zero attached hydrogens (tertiary/aromatic N) is 2. The fraction of sp³-hybridized carbons (Fsp3) is 0.421. The third kappa shape index (κ3) is 3.82. The van der Waals surface area contributed by atoms with Crippen LogP contribution in [-0.4, -0.2) is 21.2 Å². The Labute approximate surface area is 156 Å². The number of rotatable bonds is 2. The molecule has 1 atom stereocenters. The largest absolute Gasteiger partial charge is 0.326 e. The van der Waals surface area contributed by atoms with Crippen molar-refractivity contribution in [2.75, 3.05) is 11.1 Å². The van der Waals surface area contributed by atoms with Gasteiger partial charge in [-0.15, -0.1) is 0 Å². The van der Waals surface area contributed by atoms with Crippen molar-refractivity contribution in [3.63, 3.8) is 0 Å². The van der Waals surface area contributed by atoms with E-state index in [-0.39, 0.29) is 35.2 Å². The second-order valence-electron chi connectivity index (χ2n) is 7.58. The molecule has 1 amide bonds. The van der Waals surface area contributed by atoms with Crippen LogP contribution in [0.1, 0.15) is 32.0 Å². The van der Waals surface area contributed by atoms with Gasteiger partial charge in [0.05, 0.1) is 11.6 Å². The van der Waals surface area contributed by atoms with Crippen molar-refractivity contribution < 1.29 is 9.18 Å². The number of halogens is 1. The number of hydrogen-bond acceptors (Lipinski definition) is 4. The maximum absolute atomic E-state index is 13.6. The number of nitrogens with one attached hydrogen (secondary N) is 1. The monoisotopic (exact) mass is 375 g/mol. The molecular formula is C19H22FN3O2S. The molecule has 0 saturated heterocycles. The Morgan fingerprint density at radius 3 is 2.73 bits per heavy atom. The molecule has 0 unspecified atom stereocenters. The maximum Gasteiger partial charge on any atom is 0.254 e. The van der Waals surface area contributed by atoms with Crippen LogP contribution in [0.2, 0.25) is 0 Å². The molecule has 2 heterocycles. The Kier molecular flexibility index (Phi) is 4.92. The number of amides is 1. The van der Waals surface area contributed by atoms with E-state index in [0.29, 0.717) is 22.2 Å². The van der Waals surface area contributed by atoms with Gasteiger partial charge in [-0.2, -0.15) is 0 Å². The number of carbonyl (C=O) groups excluding carboxylic acids is 1. The highest BCUT2D eigenvalue weighted by Crippen LogP contribution is 2.28. The van der Waals surface area contributed by atoms with Crippen LogP contribution in [0, 0.1) is 18.7 Å². The lowest BCUT2D eigenvalue weighted by atomic mass is 9.92. The Morgan fingerprint density at radius 2 is 2.08 bits per heavy atom. The molecule has 138 valence electrons. The van der Waals surface area contributed by atoms with Gasteiger partial charge in [-0.05, 0) is 24.6 Å². The van der Waals surface area contributed by atoms with Crippen LogP contribution in [0.5, 0.6) is 0 Å². The molecule has 3 rings (SSSR count). The number of carbonyl (C=O) groups is 1. The first-order valence-corrected chi connectivity index (χ1v) is 9.46. The molecule has 26 heavy (non-hydrogen) atoms. The zero-order chi connectivity index (χ0) is 19.1. The molecule has 1 aliphatic heterocycles. The molecule has 1 aromatic heterocycles. The van der Waals surface area contributed by atoms with Gasteiger partial charge in [0.15, 0.2) is 5.16 Å². The lowest BCUT2D eigenvalue weighted by molar-refractivity contribution is -0.119. The lowest BCUT2D eigenvalue weighted by Crippen LogP contribution is -2.37. The van der Waals surface area contributed by atoms with Crippen LogP contribution >= 0.6 is 11.8 Å². The number of benzene rings is 1. The summed E-state index contributed by atoms with van der Waals surface area (Å²) in [5.74, 6) is -0.434. The third-order valence-corrected chi connectivity index (χ3v) is 5.51. The van der Waals surface area contributed by atoms with Crippen molar-refractivity contribution in [3.05, 3.63) is 51.7 Å². The highest BCUT2D eigenvalue weighted by molar-refractivity contribution is 7.99. The van der Waals surface area contributed by atoms with Crippen LogP contribution in [0.25, 0.3) is 0 Å². The fourth-order valence-corrected chi connectivity index (χ4v) is 3.76. The first-order valence-electron chi connectivity index (χ1n) is 8.47. The Balaban J connectivity index is 1.78. The Hall–Kier alpha value is -2.15. The number of aromatic nitrogens is 2. The highest BCUT2D eigenvalue weighted by atomic mass is 32.2. The molecule has 2 aromatic rings. The SMILES string of the molecule is Cc1ccc(NC(=O)[C@@H]2CSc3nc(C(C)(C)C)cc(=O)n3C2)cc1F. The van der Waals surface area contributed by atoms with Crippen molar-refractivity contribution in [1.29, 1.82) is 0 Å². The molecule has 5 nitrogen and oxygen atoms in total. The predicted octanol–water partition coefficient (Wildman–Crippen LogP) is 3.35. The summed E-state index contributed by atoms with van der Waals surface area (Å²) in [7, 11) is 0. The minimum atomic E-state index is -0.378. The third-order valence-electron chi connectivity index (χ3n) is 4.37. The van der Waals surface area contributed by atoms with Crippen LogP contribution in [-0.2, 0) is 16.8 Å². The smallest absolute Gasteiger partial charge is 0.254 e. The van der Waals surface area contributed by atoms with Crippen molar-refractivity contribution in [2.24, 2.45) is 5.92 Å². The van der Waals surface area contributed by atoms with Crippen molar-refractivity contribution >= 4 is 23.4 Å². The maximum atomic E-state index is 13.6. The fourth-order valence-electron chi connectivity index (χ4n) is 2.67. The molecule has 1 aromatic carbocycles. The highest BCUT2D eigenvalue weighted by Gasteiger charge is 2.28. The summed E-state index contributed by atoms with van der Waals surface area (Å²) in [4.78, 5) is 29.6. The summed E-state index contributed by atoms with van der Waals surface area (Å²) in [6, 6.07) is 6.14. The number of aryl methyl sites for hydroxylation is 1. The average molecular weight is 375 g/mol. The summed E-state index contributed by atoms with van der Waals surface area (Å²) in [6.45, 7) is 7.97. The second kappa shape index (κ2) is 6.87. The summed E-state index contributed by atoms with van der Waals surface area (Å²) in [5.41, 5.74) is 1.34. The average Bonchev–Trinajstić information content (AvgIpc) is 2.57. The van der Waals surface area contributed by atoms with Crippen LogP contribution < -0.4 is 10.9 Å². The van der Waals surface area contributed by atoms with Crippen molar-refractivity contribution in [3.8, 4) is 0 Å². The van der Waals surface area contributed by atoms with E-state index in [1.807, 2.05) is 20.8 Å². The molecule has 1 aliphatic rings. The molecular weight excluding hydrogens is 353 g/mol. The summed E-state index contributed by atoms with van der Waals surface area (Å²) < 4.78 is 15.2. The van der Waals surface area contributed by atoms with Gasteiger partial charge in [-0.3, -0.25) is 14.2 Å². The molecule has 0 radical (unpaired) electrons. The van der Waals surface area contributed by atoms with E-state index in [2.05, 4.69) is 10.3 Å². The van der Waals surface area contributed by atoms with Gasteiger partial charge in [0.1, 0.15) is 5.82 Å². The second-order valence-corrected chi connectivity index (χ2v) is 8.57. The van der Waals surface area contributed by atoms with Gasteiger partial charge >= 0.3 is 0 Å². The summed E-state index contributed by atoms with van der Waals surface area (Å²) >= 11 is 1.40. The van der Waals surface area contributed by atoms with Gasteiger partial charge in [0, 0.05) is 29.5 Å². The van der Waals surface area contributed by atoms with Gasteiger partial charge < -0.3 is 5.32 Å².